The molecule has 0 saturated carbocycles. The van der Waals surface area contributed by atoms with E-state index in [2.05, 4.69) is 11.9 Å². The molecule has 1 fully saturated rings. The van der Waals surface area contributed by atoms with Crippen molar-refractivity contribution in [2.24, 2.45) is 0 Å². The molecule has 3 rings (SSSR count). The summed E-state index contributed by atoms with van der Waals surface area (Å²) >= 11 is 0. The van der Waals surface area contributed by atoms with Crippen LogP contribution < -0.4 is 4.90 Å². The second-order valence-corrected chi connectivity index (χ2v) is 11.4. The van der Waals surface area contributed by atoms with Crippen molar-refractivity contribution in [3.63, 3.8) is 0 Å². The molecule has 0 radical (unpaired) electrons. The molecule has 8 heteroatoms. The van der Waals surface area contributed by atoms with Gasteiger partial charge in [0.15, 0.2) is 0 Å². The maximum atomic E-state index is 13.3. The summed E-state index contributed by atoms with van der Waals surface area (Å²) in [6.07, 6.45) is 4.54. The first-order valence-corrected chi connectivity index (χ1v) is 13.0. The highest BCUT2D eigenvalue weighted by Gasteiger charge is 2.36. The van der Waals surface area contributed by atoms with Crippen LogP contribution in [0.4, 0.5) is 10.6 Å². The van der Waals surface area contributed by atoms with E-state index in [1.807, 2.05) is 45.9 Å². The van der Waals surface area contributed by atoms with Crippen molar-refractivity contribution < 1.29 is 17.9 Å². The number of benzene rings is 1. The number of unbranched alkanes of at least 4 members (excludes halogenated alkanes) is 1. The van der Waals surface area contributed by atoms with Gasteiger partial charge < -0.3 is 4.74 Å². The largest absolute Gasteiger partial charge is 0.443 e. The van der Waals surface area contributed by atoms with Gasteiger partial charge in [0, 0.05) is 19.3 Å². The number of carbonyl (C=O) groups excluding carboxylic acids is 1. The van der Waals surface area contributed by atoms with Gasteiger partial charge in [-0.2, -0.15) is 4.31 Å². The standard InChI is InChI=1S/C25H35N3O4S/c1-6-7-16-27(24(29)32-25(3,4)5)23-15-12-20(18-26-23)22-9-8-17-28(22)33(30,31)21-13-10-19(2)11-14-21/h10-15,18,22H,6-9,16-17H2,1-5H3/t22-/m0/s1. The predicted molar refractivity (Wildman–Crippen MR) is 130 cm³/mol. The van der Waals surface area contributed by atoms with Crippen molar-refractivity contribution in [1.29, 1.82) is 0 Å². The quantitative estimate of drug-likeness (QED) is 0.534. The Morgan fingerprint density at radius 2 is 1.88 bits per heavy atom. The smallest absolute Gasteiger partial charge is 0.416 e. The Morgan fingerprint density at radius 3 is 2.45 bits per heavy atom. The maximum Gasteiger partial charge on any atom is 0.416 e. The summed E-state index contributed by atoms with van der Waals surface area (Å²) in [5.74, 6) is 0.507. The van der Waals surface area contributed by atoms with Crippen molar-refractivity contribution in [3.8, 4) is 0 Å². The number of aryl methyl sites for hydroxylation is 1. The van der Waals surface area contributed by atoms with Crippen LogP contribution in [0, 0.1) is 6.92 Å². The van der Waals surface area contributed by atoms with Crippen LogP contribution in [-0.4, -0.2) is 42.5 Å². The molecule has 33 heavy (non-hydrogen) atoms. The Labute approximate surface area is 197 Å². The molecular weight excluding hydrogens is 438 g/mol. The number of hydrogen-bond acceptors (Lipinski definition) is 5. The zero-order valence-corrected chi connectivity index (χ0v) is 21.1. The van der Waals surface area contributed by atoms with Gasteiger partial charge in [-0.25, -0.2) is 18.2 Å². The second-order valence-electron chi connectivity index (χ2n) is 9.52. The number of sulfonamides is 1. The SMILES string of the molecule is CCCCN(C(=O)OC(C)(C)C)c1ccc([C@@H]2CCCN2S(=O)(=O)c2ccc(C)cc2)cn1. The minimum Gasteiger partial charge on any atom is -0.443 e. The van der Waals surface area contributed by atoms with Crippen LogP contribution in [0.25, 0.3) is 0 Å². The van der Waals surface area contributed by atoms with E-state index in [0.29, 0.717) is 23.8 Å². The van der Waals surface area contributed by atoms with Crippen LogP contribution in [0.3, 0.4) is 0 Å². The number of pyridine rings is 1. The van der Waals surface area contributed by atoms with Crippen LogP contribution >= 0.6 is 0 Å². The topological polar surface area (TPSA) is 79.8 Å². The maximum absolute atomic E-state index is 13.3. The van der Waals surface area contributed by atoms with Crippen LogP contribution in [0.2, 0.25) is 0 Å². The molecule has 1 aromatic heterocycles. The summed E-state index contributed by atoms with van der Waals surface area (Å²) in [6, 6.07) is 10.3. The third-order valence-corrected chi connectivity index (χ3v) is 7.53. The molecule has 0 bridgehead atoms. The average molecular weight is 474 g/mol. The lowest BCUT2D eigenvalue weighted by atomic mass is 10.1. The first kappa shape index (κ1) is 25.2. The van der Waals surface area contributed by atoms with Gasteiger partial charge in [-0.1, -0.05) is 37.1 Å². The third-order valence-electron chi connectivity index (χ3n) is 5.61. The zero-order chi connectivity index (χ0) is 24.2. The van der Waals surface area contributed by atoms with Crippen LogP contribution in [0.5, 0.6) is 0 Å². The molecule has 1 aliphatic rings. The van der Waals surface area contributed by atoms with Crippen molar-refractivity contribution in [2.75, 3.05) is 18.0 Å². The number of amides is 1. The number of carbonyl (C=O) groups is 1. The number of nitrogens with zero attached hydrogens (tertiary/aromatic N) is 3. The van der Waals surface area contributed by atoms with Crippen molar-refractivity contribution in [2.45, 2.75) is 76.8 Å². The minimum absolute atomic E-state index is 0.275. The molecule has 1 aromatic carbocycles. The summed E-state index contributed by atoms with van der Waals surface area (Å²) in [5.41, 5.74) is 1.24. The highest BCUT2D eigenvalue weighted by molar-refractivity contribution is 7.89. The highest BCUT2D eigenvalue weighted by Crippen LogP contribution is 2.36. The molecule has 7 nitrogen and oxygen atoms in total. The van der Waals surface area contributed by atoms with Crippen LogP contribution in [-0.2, 0) is 14.8 Å². The number of aromatic nitrogens is 1. The molecule has 0 spiro atoms. The van der Waals surface area contributed by atoms with Crippen molar-refractivity contribution in [1.82, 2.24) is 9.29 Å². The molecule has 2 aromatic rings. The number of rotatable bonds is 7. The summed E-state index contributed by atoms with van der Waals surface area (Å²) in [7, 11) is -3.60. The van der Waals surface area contributed by atoms with E-state index in [1.165, 1.54) is 0 Å². The fourth-order valence-electron chi connectivity index (χ4n) is 3.89. The third kappa shape index (κ3) is 6.12. The van der Waals surface area contributed by atoms with Crippen molar-refractivity contribution in [3.05, 3.63) is 53.7 Å². The van der Waals surface area contributed by atoms with E-state index < -0.39 is 21.7 Å². The Hall–Kier alpha value is -2.45. The molecule has 0 aliphatic carbocycles. The number of anilines is 1. The van der Waals surface area contributed by atoms with Gasteiger partial charge in [-0.15, -0.1) is 0 Å². The molecule has 180 valence electrons. The molecule has 0 unspecified atom stereocenters. The van der Waals surface area contributed by atoms with Gasteiger partial charge in [0.05, 0.1) is 10.9 Å². The molecule has 2 heterocycles. The van der Waals surface area contributed by atoms with Gasteiger partial charge in [0.1, 0.15) is 11.4 Å². The first-order valence-electron chi connectivity index (χ1n) is 11.6. The predicted octanol–water partition coefficient (Wildman–Crippen LogP) is 5.46. The van der Waals surface area contributed by atoms with Gasteiger partial charge in [0.25, 0.3) is 0 Å². The van der Waals surface area contributed by atoms with Gasteiger partial charge in [-0.05, 0) is 70.7 Å². The first-order chi connectivity index (χ1) is 15.5. The molecule has 1 amide bonds. The van der Waals surface area contributed by atoms with Gasteiger partial charge in [-0.3, -0.25) is 4.90 Å². The Kier molecular flexibility index (Phi) is 7.80. The van der Waals surface area contributed by atoms with Crippen molar-refractivity contribution >= 4 is 21.9 Å². The lowest BCUT2D eigenvalue weighted by molar-refractivity contribution is 0.0578. The Morgan fingerprint density at radius 1 is 1.18 bits per heavy atom. The van der Waals surface area contributed by atoms with E-state index in [0.717, 1.165) is 36.8 Å². The van der Waals surface area contributed by atoms with E-state index in [1.54, 1.807) is 33.6 Å². The lowest BCUT2D eigenvalue weighted by Gasteiger charge is -2.27. The molecule has 1 aliphatic heterocycles. The van der Waals surface area contributed by atoms with E-state index >= 15 is 0 Å². The zero-order valence-electron chi connectivity index (χ0n) is 20.2. The molecular formula is C25H35N3O4S. The molecule has 0 N–H and O–H groups in total. The van der Waals surface area contributed by atoms with E-state index in [-0.39, 0.29) is 6.04 Å². The Bertz CT molecular complexity index is 1040. The van der Waals surface area contributed by atoms with E-state index in [9.17, 15) is 13.2 Å². The fraction of sp³-hybridized carbons (Fsp3) is 0.520. The summed E-state index contributed by atoms with van der Waals surface area (Å²) < 4.78 is 33.7. The summed E-state index contributed by atoms with van der Waals surface area (Å²) in [6.45, 7) is 10.5. The molecule has 1 saturated heterocycles. The monoisotopic (exact) mass is 473 g/mol. The Balaban J connectivity index is 1.83. The van der Waals surface area contributed by atoms with Gasteiger partial charge in [0.2, 0.25) is 10.0 Å². The number of hydrogen-bond donors (Lipinski definition) is 0. The van der Waals surface area contributed by atoms with E-state index in [4.69, 9.17) is 4.74 Å². The average Bonchev–Trinajstić information content (AvgIpc) is 3.24. The summed E-state index contributed by atoms with van der Waals surface area (Å²) in [5, 5.41) is 0. The fourth-order valence-corrected chi connectivity index (χ4v) is 5.58. The lowest BCUT2D eigenvalue weighted by Crippen LogP contribution is -2.38. The van der Waals surface area contributed by atoms with Crippen LogP contribution in [0.15, 0.2) is 47.5 Å². The van der Waals surface area contributed by atoms with Crippen LogP contribution in [0.1, 0.15) is 70.5 Å². The minimum atomic E-state index is -3.60. The summed E-state index contributed by atoms with van der Waals surface area (Å²) in [4.78, 5) is 19.1. The number of ether oxygens (including phenoxy) is 1. The molecule has 1 atom stereocenters. The second kappa shape index (κ2) is 10.2. The normalized spacial score (nSPS) is 17.2. The highest BCUT2D eigenvalue weighted by atomic mass is 32.2. The van der Waals surface area contributed by atoms with Gasteiger partial charge >= 0.3 is 6.09 Å².